The quantitative estimate of drug-likeness (QED) is 0.756. The van der Waals surface area contributed by atoms with Gasteiger partial charge in [0.1, 0.15) is 0 Å². The molecule has 0 N–H and O–H groups in total. The van der Waals surface area contributed by atoms with E-state index in [2.05, 4.69) is 0 Å². The van der Waals surface area contributed by atoms with Crippen molar-refractivity contribution < 1.29 is 0 Å². The van der Waals surface area contributed by atoms with Crippen molar-refractivity contribution in [3.63, 3.8) is 0 Å². The number of likely N-dealkylation sites (N-methyl/N-ethyl adjacent to an activating group) is 1. The van der Waals surface area contributed by atoms with Crippen LogP contribution in [0.15, 0.2) is 15.8 Å². The third-order valence-corrected chi connectivity index (χ3v) is 2.70. The SMILES string of the molecule is CC(C)n1c(=O)c(CCN(C)C)cn(C)c1=O. The predicted octanol–water partition coefficient (Wildman–Crippen LogP) is 0.232. The Morgan fingerprint density at radius 2 is 1.88 bits per heavy atom. The van der Waals surface area contributed by atoms with Crippen LogP contribution in [0.1, 0.15) is 25.5 Å². The van der Waals surface area contributed by atoms with Crippen LogP contribution in [0.2, 0.25) is 0 Å². The molecule has 5 nitrogen and oxygen atoms in total. The smallest absolute Gasteiger partial charge is 0.309 e. The first-order valence-corrected chi connectivity index (χ1v) is 5.80. The van der Waals surface area contributed by atoms with E-state index in [1.165, 1.54) is 9.13 Å². The predicted molar refractivity (Wildman–Crippen MR) is 68.6 cm³/mol. The molecule has 0 spiro atoms. The van der Waals surface area contributed by atoms with Crippen LogP contribution in [-0.4, -0.2) is 34.7 Å². The lowest BCUT2D eigenvalue weighted by atomic mass is 10.2. The van der Waals surface area contributed by atoms with Crippen molar-refractivity contribution in [2.45, 2.75) is 26.3 Å². The summed E-state index contributed by atoms with van der Waals surface area (Å²) >= 11 is 0. The van der Waals surface area contributed by atoms with Gasteiger partial charge in [-0.05, 0) is 34.4 Å². The van der Waals surface area contributed by atoms with E-state index in [4.69, 9.17) is 0 Å². The van der Waals surface area contributed by atoms with Crippen molar-refractivity contribution in [1.29, 1.82) is 0 Å². The lowest BCUT2D eigenvalue weighted by Gasteiger charge is -2.14. The van der Waals surface area contributed by atoms with E-state index in [-0.39, 0.29) is 17.3 Å². The van der Waals surface area contributed by atoms with Gasteiger partial charge in [0.05, 0.1) is 0 Å². The van der Waals surface area contributed by atoms with Gasteiger partial charge in [0.15, 0.2) is 0 Å². The normalized spacial score (nSPS) is 11.5. The summed E-state index contributed by atoms with van der Waals surface area (Å²) < 4.78 is 2.79. The van der Waals surface area contributed by atoms with Crippen LogP contribution in [0, 0.1) is 0 Å². The maximum atomic E-state index is 12.1. The van der Waals surface area contributed by atoms with Crippen molar-refractivity contribution in [1.82, 2.24) is 14.0 Å². The molecule has 0 aliphatic heterocycles. The standard InChI is InChI=1S/C12H21N3O2/c1-9(2)15-11(16)10(6-7-13(3)4)8-14(5)12(15)17/h8-9H,6-7H2,1-5H3. The fourth-order valence-corrected chi connectivity index (χ4v) is 1.73. The lowest BCUT2D eigenvalue weighted by molar-refractivity contribution is 0.409. The molecule has 0 atom stereocenters. The summed E-state index contributed by atoms with van der Waals surface area (Å²) in [5.74, 6) is 0. The summed E-state index contributed by atoms with van der Waals surface area (Å²) in [5, 5.41) is 0. The number of hydrogen-bond donors (Lipinski definition) is 0. The van der Waals surface area contributed by atoms with E-state index in [1.807, 2.05) is 32.8 Å². The molecule has 1 aromatic rings. The highest BCUT2D eigenvalue weighted by Crippen LogP contribution is 1.98. The van der Waals surface area contributed by atoms with Gasteiger partial charge in [-0.25, -0.2) is 4.79 Å². The van der Waals surface area contributed by atoms with Gasteiger partial charge in [-0.15, -0.1) is 0 Å². The van der Waals surface area contributed by atoms with Gasteiger partial charge < -0.3 is 9.47 Å². The minimum Gasteiger partial charge on any atom is -0.309 e. The van der Waals surface area contributed by atoms with Crippen LogP contribution in [0.5, 0.6) is 0 Å². The Balaban J connectivity index is 3.25. The molecule has 0 aliphatic carbocycles. The van der Waals surface area contributed by atoms with Crippen LogP contribution in [0.25, 0.3) is 0 Å². The zero-order chi connectivity index (χ0) is 13.2. The second-order valence-corrected chi connectivity index (χ2v) is 4.87. The van der Waals surface area contributed by atoms with Gasteiger partial charge >= 0.3 is 5.69 Å². The van der Waals surface area contributed by atoms with E-state index < -0.39 is 0 Å². The molecule has 0 amide bonds. The van der Waals surface area contributed by atoms with Crippen LogP contribution < -0.4 is 11.2 Å². The molecule has 0 saturated heterocycles. The van der Waals surface area contributed by atoms with Crippen LogP contribution in [0.4, 0.5) is 0 Å². The van der Waals surface area contributed by atoms with Crippen LogP contribution in [-0.2, 0) is 13.5 Å². The zero-order valence-corrected chi connectivity index (χ0v) is 11.2. The summed E-state index contributed by atoms with van der Waals surface area (Å²) in [7, 11) is 5.60. The molecule has 17 heavy (non-hydrogen) atoms. The molecule has 0 aromatic carbocycles. The van der Waals surface area contributed by atoms with Gasteiger partial charge in [0.25, 0.3) is 5.56 Å². The fraction of sp³-hybridized carbons (Fsp3) is 0.667. The Hall–Kier alpha value is -1.36. The third-order valence-electron chi connectivity index (χ3n) is 2.70. The third kappa shape index (κ3) is 3.06. The van der Waals surface area contributed by atoms with Crippen molar-refractivity contribution in [3.05, 3.63) is 32.6 Å². The lowest BCUT2D eigenvalue weighted by Crippen LogP contribution is -2.41. The zero-order valence-electron chi connectivity index (χ0n) is 11.2. The molecule has 0 bridgehead atoms. The van der Waals surface area contributed by atoms with Gasteiger partial charge in [0.2, 0.25) is 0 Å². The number of aromatic nitrogens is 2. The van der Waals surface area contributed by atoms with E-state index in [0.717, 1.165) is 6.54 Å². The van der Waals surface area contributed by atoms with Crippen molar-refractivity contribution in [2.24, 2.45) is 7.05 Å². The average Bonchev–Trinajstić information content (AvgIpc) is 2.21. The largest absolute Gasteiger partial charge is 0.330 e. The van der Waals surface area contributed by atoms with E-state index >= 15 is 0 Å². The Labute approximate surface area is 101 Å². The first kappa shape index (κ1) is 13.7. The molecule has 1 aromatic heterocycles. The summed E-state index contributed by atoms with van der Waals surface area (Å²) in [4.78, 5) is 26.0. The van der Waals surface area contributed by atoms with E-state index in [9.17, 15) is 9.59 Å². The molecule has 1 rings (SSSR count). The average molecular weight is 239 g/mol. The summed E-state index contributed by atoms with van der Waals surface area (Å²) in [6.45, 7) is 4.49. The molecular weight excluding hydrogens is 218 g/mol. The van der Waals surface area contributed by atoms with Gasteiger partial charge in [-0.3, -0.25) is 9.36 Å². The maximum Gasteiger partial charge on any atom is 0.330 e. The van der Waals surface area contributed by atoms with Gasteiger partial charge in [-0.2, -0.15) is 0 Å². The molecule has 96 valence electrons. The number of nitrogens with zero attached hydrogens (tertiary/aromatic N) is 3. The van der Waals surface area contributed by atoms with Gasteiger partial charge in [0, 0.05) is 31.4 Å². The van der Waals surface area contributed by atoms with Crippen molar-refractivity contribution in [2.75, 3.05) is 20.6 Å². The second kappa shape index (κ2) is 5.31. The van der Waals surface area contributed by atoms with Crippen molar-refractivity contribution in [3.8, 4) is 0 Å². The number of aryl methyl sites for hydroxylation is 1. The first-order valence-electron chi connectivity index (χ1n) is 5.80. The van der Waals surface area contributed by atoms with Crippen molar-refractivity contribution >= 4 is 0 Å². The second-order valence-electron chi connectivity index (χ2n) is 4.87. The Bertz CT molecular complexity index is 497. The Morgan fingerprint density at radius 3 is 2.35 bits per heavy atom. The topological polar surface area (TPSA) is 47.2 Å². The van der Waals surface area contributed by atoms with Crippen LogP contribution >= 0.6 is 0 Å². The monoisotopic (exact) mass is 239 g/mol. The molecule has 0 aliphatic rings. The molecule has 0 unspecified atom stereocenters. The summed E-state index contributed by atoms with van der Waals surface area (Å²) in [5.41, 5.74) is 0.276. The molecule has 0 fully saturated rings. The molecular formula is C12H21N3O2. The maximum absolute atomic E-state index is 12.1. The van der Waals surface area contributed by atoms with E-state index in [0.29, 0.717) is 12.0 Å². The van der Waals surface area contributed by atoms with Gasteiger partial charge in [-0.1, -0.05) is 0 Å². The summed E-state index contributed by atoms with van der Waals surface area (Å²) in [6.07, 6.45) is 2.31. The summed E-state index contributed by atoms with van der Waals surface area (Å²) in [6, 6.07) is -0.111. The number of hydrogen-bond acceptors (Lipinski definition) is 3. The minimum atomic E-state index is -0.251. The molecule has 5 heteroatoms. The number of rotatable bonds is 4. The Morgan fingerprint density at radius 1 is 1.29 bits per heavy atom. The highest BCUT2D eigenvalue weighted by Gasteiger charge is 2.12. The molecule has 1 heterocycles. The first-order chi connectivity index (χ1) is 7.84. The van der Waals surface area contributed by atoms with Crippen LogP contribution in [0.3, 0.4) is 0 Å². The highest BCUT2D eigenvalue weighted by molar-refractivity contribution is 5.07. The fourth-order valence-electron chi connectivity index (χ4n) is 1.73. The van der Waals surface area contributed by atoms with E-state index in [1.54, 1.807) is 13.2 Å². The highest BCUT2D eigenvalue weighted by atomic mass is 16.2. The Kier molecular flexibility index (Phi) is 4.28. The molecule has 0 radical (unpaired) electrons. The minimum absolute atomic E-state index is 0.111. The molecule has 0 saturated carbocycles.